The number of aromatic nitrogens is 4. The first kappa shape index (κ1) is 26.7. The number of nitrogens with one attached hydrogen (secondary N) is 2. The minimum atomic E-state index is -4.66. The molecule has 2 heterocycles. The number of rotatable bonds is 9. The van der Waals surface area contributed by atoms with E-state index < -0.39 is 41.0 Å². The molecule has 1 amide bonds. The van der Waals surface area contributed by atoms with Crippen molar-refractivity contribution < 1.29 is 22.4 Å². The van der Waals surface area contributed by atoms with Gasteiger partial charge in [-0.3, -0.25) is 9.59 Å². The first-order valence-corrected chi connectivity index (χ1v) is 13.4. The van der Waals surface area contributed by atoms with E-state index in [1.807, 2.05) is 11.6 Å². The van der Waals surface area contributed by atoms with Gasteiger partial charge in [0.2, 0.25) is 0 Å². The van der Waals surface area contributed by atoms with Gasteiger partial charge in [-0.2, -0.15) is 13.2 Å². The number of aryl methyl sites for hydroxylation is 1. The van der Waals surface area contributed by atoms with E-state index >= 15 is 0 Å². The number of hydrogen-bond acceptors (Lipinski definition) is 5. The van der Waals surface area contributed by atoms with Gasteiger partial charge < -0.3 is 19.8 Å². The van der Waals surface area contributed by atoms with E-state index in [-0.39, 0.29) is 17.6 Å². The third-order valence-electron chi connectivity index (χ3n) is 8.41. The average Bonchev–Trinajstić information content (AvgIpc) is 3.79. The highest BCUT2D eigenvalue weighted by atomic mass is 19.4. The minimum Gasteiger partial charge on any atom is -0.320 e. The summed E-state index contributed by atoms with van der Waals surface area (Å²) in [7, 11) is 1.85. The molecule has 212 valence electrons. The first-order chi connectivity index (χ1) is 19.0. The molecule has 0 bridgehead atoms. The number of carbonyl (C=O) groups excluding carboxylic acids is 1. The molecule has 12 heteroatoms. The van der Waals surface area contributed by atoms with Crippen molar-refractivity contribution in [1.29, 1.82) is 0 Å². The van der Waals surface area contributed by atoms with Gasteiger partial charge in [-0.15, -0.1) is 10.2 Å². The third-order valence-corrected chi connectivity index (χ3v) is 8.41. The molecular weight excluding hydrogens is 528 g/mol. The summed E-state index contributed by atoms with van der Waals surface area (Å²) < 4.78 is 56.9. The zero-order chi connectivity index (χ0) is 28.3. The monoisotopic (exact) mass is 558 g/mol. The minimum absolute atomic E-state index is 0.153. The summed E-state index contributed by atoms with van der Waals surface area (Å²) in [6, 6.07) is 5.72. The summed E-state index contributed by atoms with van der Waals surface area (Å²) in [5, 5.41) is 14.0. The van der Waals surface area contributed by atoms with E-state index in [1.54, 1.807) is 12.4 Å². The van der Waals surface area contributed by atoms with Crippen molar-refractivity contribution in [2.75, 3.05) is 11.9 Å². The van der Waals surface area contributed by atoms with E-state index in [0.717, 1.165) is 56.1 Å². The molecule has 0 saturated heterocycles. The maximum absolute atomic E-state index is 15.0. The number of hydrogen-bond donors (Lipinski definition) is 2. The van der Waals surface area contributed by atoms with E-state index in [2.05, 4.69) is 20.8 Å². The molecule has 3 aliphatic rings. The molecule has 40 heavy (non-hydrogen) atoms. The number of pyridine rings is 1. The molecule has 2 N–H and O–H groups in total. The number of nitrogens with zero attached hydrogens (tertiary/aromatic N) is 4. The molecule has 3 aliphatic carbocycles. The van der Waals surface area contributed by atoms with Crippen LogP contribution in [0.15, 0.2) is 41.6 Å². The number of alkyl halides is 3. The summed E-state index contributed by atoms with van der Waals surface area (Å²) in [5.41, 5.74) is -0.867. The number of anilines is 1. The molecule has 6 rings (SSSR count). The van der Waals surface area contributed by atoms with Gasteiger partial charge in [0.1, 0.15) is 30.1 Å². The van der Waals surface area contributed by atoms with Crippen LogP contribution >= 0.6 is 0 Å². The van der Waals surface area contributed by atoms with Crippen LogP contribution < -0.4 is 16.2 Å². The number of amides is 1. The van der Waals surface area contributed by atoms with Gasteiger partial charge in [-0.05, 0) is 85.7 Å². The molecule has 0 radical (unpaired) electrons. The van der Waals surface area contributed by atoms with Gasteiger partial charge in [-0.25, -0.2) is 4.39 Å². The van der Waals surface area contributed by atoms with Crippen molar-refractivity contribution in [3.05, 3.63) is 75.5 Å². The van der Waals surface area contributed by atoms with Crippen molar-refractivity contribution >= 4 is 11.6 Å². The van der Waals surface area contributed by atoms with Crippen LogP contribution in [0.25, 0.3) is 0 Å². The molecular formula is C28H30F4N6O2. The second-order valence-electron chi connectivity index (χ2n) is 11.7. The Morgan fingerprint density at radius 1 is 1.18 bits per heavy atom. The molecule has 3 aromatic rings. The predicted octanol–water partition coefficient (Wildman–Crippen LogP) is 4.29. The quantitative estimate of drug-likeness (QED) is 0.383. The first-order valence-electron chi connectivity index (χ1n) is 13.4. The van der Waals surface area contributed by atoms with Crippen molar-refractivity contribution in [2.24, 2.45) is 18.4 Å². The highest BCUT2D eigenvalue weighted by Gasteiger charge is 2.63. The molecule has 1 aromatic carbocycles. The number of benzene rings is 1. The number of carbonyl (C=O) groups is 1. The summed E-state index contributed by atoms with van der Waals surface area (Å²) in [6.07, 6.45) is 4.14. The second-order valence-corrected chi connectivity index (χ2v) is 11.7. The Hall–Kier alpha value is -3.54. The topological polar surface area (TPSA) is 93.8 Å². The highest BCUT2D eigenvalue weighted by Crippen LogP contribution is 2.70. The summed E-state index contributed by atoms with van der Waals surface area (Å²) >= 11 is 0. The normalized spacial score (nSPS) is 18.9. The zero-order valence-electron chi connectivity index (χ0n) is 22.0. The molecule has 3 saturated carbocycles. The molecule has 8 nitrogen and oxygen atoms in total. The lowest BCUT2D eigenvalue weighted by atomic mass is 9.56. The molecule has 0 unspecified atom stereocenters. The van der Waals surface area contributed by atoms with Crippen LogP contribution in [0.1, 0.15) is 65.8 Å². The Bertz CT molecular complexity index is 1510. The van der Waals surface area contributed by atoms with E-state index in [4.69, 9.17) is 0 Å². The molecule has 2 aromatic heterocycles. The molecule has 3 fully saturated rings. The van der Waals surface area contributed by atoms with Gasteiger partial charge in [0.05, 0.1) is 11.1 Å². The average molecular weight is 559 g/mol. The Balaban J connectivity index is 1.30. The lowest BCUT2D eigenvalue weighted by molar-refractivity contribution is -0.141. The van der Waals surface area contributed by atoms with Crippen LogP contribution in [0.4, 0.5) is 23.2 Å². The van der Waals surface area contributed by atoms with Crippen LogP contribution in [0.5, 0.6) is 0 Å². The lowest BCUT2D eigenvalue weighted by Gasteiger charge is -2.48. The smallest absolute Gasteiger partial charge is 0.320 e. The van der Waals surface area contributed by atoms with Crippen molar-refractivity contribution in [2.45, 2.75) is 63.2 Å². The summed E-state index contributed by atoms with van der Waals surface area (Å²) in [6.45, 7) is -0.637. The fourth-order valence-electron chi connectivity index (χ4n) is 6.09. The Morgan fingerprint density at radius 2 is 1.93 bits per heavy atom. The van der Waals surface area contributed by atoms with Gasteiger partial charge in [0, 0.05) is 19.8 Å². The van der Waals surface area contributed by atoms with Crippen LogP contribution in [-0.4, -0.2) is 38.0 Å². The Labute approximate surface area is 227 Å². The summed E-state index contributed by atoms with van der Waals surface area (Å²) in [4.78, 5) is 26.2. The Morgan fingerprint density at radius 3 is 2.55 bits per heavy atom. The van der Waals surface area contributed by atoms with Gasteiger partial charge in [-0.1, -0.05) is 6.07 Å². The SMILES string of the molecule is Cn1cnnc1C1(c2ccc(F)c(NC(=O)c3cc(CNCC4CC4)cn(CC(F)(F)F)c3=O)c2)CC2(CC2)C1. The largest absolute Gasteiger partial charge is 0.406 e. The summed E-state index contributed by atoms with van der Waals surface area (Å²) in [5.74, 6) is -0.408. The van der Waals surface area contributed by atoms with Crippen molar-refractivity contribution in [1.82, 2.24) is 24.6 Å². The molecule has 0 aliphatic heterocycles. The third kappa shape index (κ3) is 5.16. The van der Waals surface area contributed by atoms with Crippen LogP contribution in [0.2, 0.25) is 0 Å². The predicted molar refractivity (Wildman–Crippen MR) is 138 cm³/mol. The van der Waals surface area contributed by atoms with Crippen LogP contribution in [0.3, 0.4) is 0 Å². The van der Waals surface area contributed by atoms with E-state index in [1.165, 1.54) is 18.2 Å². The maximum Gasteiger partial charge on any atom is 0.406 e. The molecule has 1 spiro atoms. The van der Waals surface area contributed by atoms with Gasteiger partial charge in [0.25, 0.3) is 11.5 Å². The van der Waals surface area contributed by atoms with Crippen LogP contribution in [-0.2, 0) is 25.6 Å². The highest BCUT2D eigenvalue weighted by molar-refractivity contribution is 6.04. The van der Waals surface area contributed by atoms with E-state index in [0.29, 0.717) is 22.6 Å². The second kappa shape index (κ2) is 9.53. The molecule has 0 atom stereocenters. The van der Waals surface area contributed by atoms with Crippen LogP contribution in [0, 0.1) is 17.2 Å². The van der Waals surface area contributed by atoms with E-state index in [9.17, 15) is 27.2 Å². The Kier molecular flexibility index (Phi) is 6.36. The fraction of sp³-hybridized carbons (Fsp3) is 0.500. The lowest BCUT2D eigenvalue weighted by Crippen LogP contribution is -2.45. The zero-order valence-corrected chi connectivity index (χ0v) is 22.0. The maximum atomic E-state index is 15.0. The van der Waals surface area contributed by atoms with Crippen molar-refractivity contribution in [3.63, 3.8) is 0 Å². The van der Waals surface area contributed by atoms with Gasteiger partial charge >= 0.3 is 6.18 Å². The van der Waals surface area contributed by atoms with Gasteiger partial charge in [0.15, 0.2) is 0 Å². The fourth-order valence-corrected chi connectivity index (χ4v) is 6.09. The van der Waals surface area contributed by atoms with Crippen molar-refractivity contribution in [3.8, 4) is 0 Å². The number of halogens is 4. The standard InChI is InChI=1S/C28H30F4N6O2/c1-37-16-34-36-25(37)27(13-26(14-27)6-7-26)19-4-5-21(29)22(9-19)35-23(39)20-8-18(11-33-10-17-2-3-17)12-38(24(20)40)15-28(30,31)32/h4-5,8-9,12,16-17,33H,2-3,6-7,10-11,13-15H2,1H3,(H,35,39).